The van der Waals surface area contributed by atoms with Gasteiger partial charge in [0.1, 0.15) is 17.7 Å². The fourth-order valence-corrected chi connectivity index (χ4v) is 3.62. The highest BCUT2D eigenvalue weighted by Crippen LogP contribution is 2.34. The van der Waals surface area contributed by atoms with Crippen molar-refractivity contribution < 1.29 is 36.9 Å². The third kappa shape index (κ3) is 6.76. The molecule has 3 rings (SSSR count). The molecule has 1 amide bonds. The third-order valence-corrected chi connectivity index (χ3v) is 5.30. The first-order valence-electron chi connectivity index (χ1n) is 10.7. The van der Waals surface area contributed by atoms with E-state index in [9.17, 15) is 27.5 Å². The van der Waals surface area contributed by atoms with Gasteiger partial charge in [0, 0.05) is 31.6 Å². The summed E-state index contributed by atoms with van der Waals surface area (Å²) in [5, 5.41) is 10.9. The molecule has 34 heavy (non-hydrogen) atoms. The SMILES string of the molecule is CC(C)OC(CC1(O)CCN(c2nc(Oc3cccc(F)c3)cc(C(F)(F)F)n2)CC1)C(N)=O. The molecule has 1 aliphatic heterocycles. The quantitative estimate of drug-likeness (QED) is 0.550. The van der Waals surface area contributed by atoms with Crippen LogP contribution >= 0.6 is 0 Å². The number of rotatable bonds is 8. The minimum absolute atomic E-state index is 0.0200. The van der Waals surface area contributed by atoms with Gasteiger partial charge in [-0.1, -0.05) is 6.07 Å². The Labute approximate surface area is 193 Å². The molecule has 1 unspecified atom stereocenters. The van der Waals surface area contributed by atoms with Crippen molar-refractivity contribution in [2.75, 3.05) is 18.0 Å². The first-order chi connectivity index (χ1) is 15.8. The second-order valence-electron chi connectivity index (χ2n) is 8.44. The zero-order valence-electron chi connectivity index (χ0n) is 18.7. The molecule has 0 aliphatic carbocycles. The van der Waals surface area contributed by atoms with Crippen LogP contribution in [0.3, 0.4) is 0 Å². The van der Waals surface area contributed by atoms with E-state index in [1.807, 2.05) is 0 Å². The molecule has 2 aromatic rings. The summed E-state index contributed by atoms with van der Waals surface area (Å²) in [6, 6.07) is 5.56. The van der Waals surface area contributed by atoms with Gasteiger partial charge in [0.25, 0.3) is 0 Å². The van der Waals surface area contributed by atoms with E-state index >= 15 is 0 Å². The Hall–Kier alpha value is -2.99. The molecule has 0 saturated carbocycles. The van der Waals surface area contributed by atoms with Crippen molar-refractivity contribution in [3.05, 3.63) is 41.8 Å². The molecule has 1 aromatic carbocycles. The van der Waals surface area contributed by atoms with Crippen molar-refractivity contribution in [3.63, 3.8) is 0 Å². The number of carbonyl (C=O) groups is 1. The number of nitrogens with zero attached hydrogens (tertiary/aromatic N) is 3. The topological polar surface area (TPSA) is 111 Å². The van der Waals surface area contributed by atoms with Crippen LogP contribution in [-0.4, -0.2) is 51.9 Å². The van der Waals surface area contributed by atoms with Crippen LogP contribution < -0.4 is 15.4 Å². The Morgan fingerprint density at radius 3 is 2.47 bits per heavy atom. The van der Waals surface area contributed by atoms with E-state index in [4.69, 9.17) is 15.2 Å². The first kappa shape index (κ1) is 25.6. The van der Waals surface area contributed by atoms with E-state index in [-0.39, 0.29) is 50.2 Å². The number of halogens is 4. The highest BCUT2D eigenvalue weighted by molar-refractivity contribution is 5.79. The van der Waals surface area contributed by atoms with Gasteiger partial charge >= 0.3 is 6.18 Å². The van der Waals surface area contributed by atoms with Gasteiger partial charge in [-0.05, 0) is 38.8 Å². The highest BCUT2D eigenvalue weighted by Gasteiger charge is 2.39. The minimum Gasteiger partial charge on any atom is -0.439 e. The van der Waals surface area contributed by atoms with Gasteiger partial charge in [0.2, 0.25) is 17.7 Å². The Balaban J connectivity index is 1.78. The number of piperidine rings is 1. The number of nitrogens with two attached hydrogens (primary N) is 1. The predicted molar refractivity (Wildman–Crippen MR) is 114 cm³/mol. The number of aliphatic hydroxyl groups is 1. The summed E-state index contributed by atoms with van der Waals surface area (Å²) < 4.78 is 64.6. The highest BCUT2D eigenvalue weighted by atomic mass is 19.4. The Kier molecular flexibility index (Phi) is 7.61. The molecular weight excluding hydrogens is 460 g/mol. The zero-order valence-corrected chi connectivity index (χ0v) is 18.7. The van der Waals surface area contributed by atoms with Crippen LogP contribution in [0.4, 0.5) is 23.5 Å². The van der Waals surface area contributed by atoms with E-state index in [0.717, 1.165) is 6.07 Å². The smallest absolute Gasteiger partial charge is 0.433 e. The van der Waals surface area contributed by atoms with E-state index in [0.29, 0.717) is 6.07 Å². The summed E-state index contributed by atoms with van der Waals surface area (Å²) in [6.45, 7) is 3.70. The van der Waals surface area contributed by atoms with Crippen molar-refractivity contribution in [2.45, 2.75) is 57.1 Å². The van der Waals surface area contributed by atoms with Crippen molar-refractivity contribution >= 4 is 11.9 Å². The number of ether oxygens (including phenoxy) is 2. The first-order valence-corrected chi connectivity index (χ1v) is 10.7. The predicted octanol–water partition coefficient (Wildman–Crippen LogP) is 3.43. The van der Waals surface area contributed by atoms with Gasteiger partial charge in [0.15, 0.2) is 5.69 Å². The lowest BCUT2D eigenvalue weighted by Crippen LogP contribution is -2.49. The van der Waals surface area contributed by atoms with Crippen molar-refractivity contribution in [3.8, 4) is 11.6 Å². The van der Waals surface area contributed by atoms with Crippen LogP contribution in [0.5, 0.6) is 11.6 Å². The Morgan fingerprint density at radius 2 is 1.91 bits per heavy atom. The van der Waals surface area contributed by atoms with E-state index < -0.39 is 41.2 Å². The van der Waals surface area contributed by atoms with E-state index in [1.165, 1.54) is 23.1 Å². The average Bonchev–Trinajstić information content (AvgIpc) is 2.72. The fourth-order valence-electron chi connectivity index (χ4n) is 3.62. The van der Waals surface area contributed by atoms with Gasteiger partial charge in [-0.15, -0.1) is 0 Å². The number of hydrogen-bond donors (Lipinski definition) is 2. The lowest BCUT2D eigenvalue weighted by atomic mass is 9.86. The van der Waals surface area contributed by atoms with Crippen LogP contribution in [0, 0.1) is 5.82 Å². The lowest BCUT2D eigenvalue weighted by Gasteiger charge is -2.39. The van der Waals surface area contributed by atoms with Gasteiger partial charge in [-0.25, -0.2) is 9.37 Å². The number of benzene rings is 1. The lowest BCUT2D eigenvalue weighted by molar-refractivity contribution is -0.141. The molecule has 2 heterocycles. The van der Waals surface area contributed by atoms with Crippen LogP contribution in [0.15, 0.2) is 30.3 Å². The molecule has 3 N–H and O–H groups in total. The molecule has 1 aromatic heterocycles. The number of hydrogen-bond acceptors (Lipinski definition) is 7. The number of aromatic nitrogens is 2. The largest absolute Gasteiger partial charge is 0.439 e. The number of primary amides is 1. The number of carbonyl (C=O) groups excluding carboxylic acids is 1. The maximum Gasteiger partial charge on any atom is 0.433 e. The second-order valence-corrected chi connectivity index (χ2v) is 8.44. The fraction of sp³-hybridized carbons (Fsp3) is 0.500. The normalized spacial score (nSPS) is 17.0. The van der Waals surface area contributed by atoms with Crippen molar-refractivity contribution in [1.29, 1.82) is 0 Å². The molecule has 186 valence electrons. The number of alkyl halides is 3. The van der Waals surface area contributed by atoms with Crippen molar-refractivity contribution in [2.24, 2.45) is 5.73 Å². The van der Waals surface area contributed by atoms with Crippen LogP contribution in [0.25, 0.3) is 0 Å². The summed E-state index contributed by atoms with van der Waals surface area (Å²) in [4.78, 5) is 20.8. The van der Waals surface area contributed by atoms with Crippen molar-refractivity contribution in [1.82, 2.24) is 9.97 Å². The summed E-state index contributed by atoms with van der Waals surface area (Å²) in [6.07, 6.45) is -5.83. The minimum atomic E-state index is -4.77. The van der Waals surface area contributed by atoms with E-state index in [2.05, 4.69) is 9.97 Å². The maximum absolute atomic E-state index is 13.4. The number of amides is 1. The van der Waals surface area contributed by atoms with Gasteiger partial charge in [-0.3, -0.25) is 4.79 Å². The Bertz CT molecular complexity index is 1010. The van der Waals surface area contributed by atoms with Gasteiger partial charge < -0.3 is 25.2 Å². The van der Waals surface area contributed by atoms with Gasteiger partial charge in [-0.2, -0.15) is 18.2 Å². The molecule has 0 spiro atoms. The van der Waals surface area contributed by atoms with Crippen LogP contribution in [-0.2, 0) is 15.7 Å². The molecule has 0 radical (unpaired) electrons. The standard InChI is InChI=1S/C22H26F4N4O4/c1-13(2)33-16(19(27)31)12-21(32)6-8-30(9-7-21)20-28-17(22(24,25)26)11-18(29-20)34-15-5-3-4-14(23)10-15/h3-5,10-11,13,16,32H,6-9,12H2,1-2H3,(H2,27,31). The summed E-state index contributed by atoms with van der Waals surface area (Å²) in [5.74, 6) is -1.98. The van der Waals surface area contributed by atoms with Crippen LogP contribution in [0.2, 0.25) is 0 Å². The molecule has 1 atom stereocenters. The second kappa shape index (κ2) is 10.1. The summed E-state index contributed by atoms with van der Waals surface area (Å²) in [7, 11) is 0. The monoisotopic (exact) mass is 486 g/mol. The molecule has 8 nitrogen and oxygen atoms in total. The molecule has 12 heteroatoms. The third-order valence-electron chi connectivity index (χ3n) is 5.30. The van der Waals surface area contributed by atoms with Gasteiger partial charge in [0.05, 0.1) is 11.7 Å². The number of anilines is 1. The Morgan fingerprint density at radius 1 is 1.24 bits per heavy atom. The van der Waals surface area contributed by atoms with Crippen LogP contribution in [0.1, 0.15) is 38.8 Å². The molecule has 0 bridgehead atoms. The molecule has 1 saturated heterocycles. The van der Waals surface area contributed by atoms with E-state index in [1.54, 1.807) is 13.8 Å². The summed E-state index contributed by atoms with van der Waals surface area (Å²) >= 11 is 0. The zero-order chi connectivity index (χ0) is 25.1. The molecular formula is C22H26F4N4O4. The summed E-state index contributed by atoms with van der Waals surface area (Å²) in [5.41, 5.74) is 2.86. The molecule has 1 aliphatic rings. The maximum atomic E-state index is 13.4. The average molecular weight is 486 g/mol. The molecule has 1 fully saturated rings.